The molecule has 0 fully saturated rings. The molecule has 1 unspecified atom stereocenters. The molecule has 1 atom stereocenters. The van der Waals surface area contributed by atoms with Crippen LogP contribution in [0.15, 0.2) is 22.7 Å². The van der Waals surface area contributed by atoms with E-state index in [4.69, 9.17) is 10.00 Å². The van der Waals surface area contributed by atoms with Gasteiger partial charge in [-0.2, -0.15) is 5.26 Å². The molecular weight excluding hydrogens is 328 g/mol. The van der Waals surface area contributed by atoms with Crippen molar-refractivity contribution in [2.75, 3.05) is 13.7 Å². The van der Waals surface area contributed by atoms with Gasteiger partial charge < -0.3 is 10.1 Å². The standard InChI is InChI=1S/C17H25BrN2O/c1-13(20-4)15-8-7-14(18)11-16(15)21-10-6-5-9-17(2,3)12-19/h7-8,11,13,20H,5-6,9-10H2,1-4H3. The third-order valence-electron chi connectivity index (χ3n) is 3.63. The number of hydrogen-bond acceptors (Lipinski definition) is 3. The van der Waals surface area contributed by atoms with Crippen molar-refractivity contribution in [1.82, 2.24) is 5.32 Å². The SMILES string of the molecule is CNC(C)c1ccc(Br)cc1OCCCCC(C)(C)C#N. The fraction of sp³-hybridized carbons (Fsp3) is 0.588. The fourth-order valence-corrected chi connectivity index (χ4v) is 2.39. The molecular formula is C17H25BrN2O. The number of halogens is 1. The summed E-state index contributed by atoms with van der Waals surface area (Å²) in [6.07, 6.45) is 2.88. The molecule has 0 aromatic heterocycles. The van der Waals surface area contributed by atoms with Gasteiger partial charge >= 0.3 is 0 Å². The summed E-state index contributed by atoms with van der Waals surface area (Å²) in [6, 6.07) is 8.72. The summed E-state index contributed by atoms with van der Waals surface area (Å²) in [7, 11) is 1.94. The van der Waals surface area contributed by atoms with Crippen LogP contribution >= 0.6 is 15.9 Å². The molecule has 0 spiro atoms. The minimum atomic E-state index is -0.235. The maximum atomic E-state index is 8.99. The Balaban J connectivity index is 2.52. The van der Waals surface area contributed by atoms with Crippen molar-refractivity contribution in [3.8, 4) is 11.8 Å². The first-order valence-electron chi connectivity index (χ1n) is 7.40. The van der Waals surface area contributed by atoms with Crippen LogP contribution in [-0.2, 0) is 0 Å². The maximum Gasteiger partial charge on any atom is 0.125 e. The summed E-state index contributed by atoms with van der Waals surface area (Å²) >= 11 is 3.49. The summed E-state index contributed by atoms with van der Waals surface area (Å²) in [6.45, 7) is 6.76. The highest BCUT2D eigenvalue weighted by molar-refractivity contribution is 9.10. The normalized spacial score (nSPS) is 12.8. The lowest BCUT2D eigenvalue weighted by molar-refractivity contribution is 0.290. The molecule has 0 heterocycles. The van der Waals surface area contributed by atoms with Crippen molar-refractivity contribution in [2.45, 2.75) is 46.1 Å². The summed E-state index contributed by atoms with van der Waals surface area (Å²) in [4.78, 5) is 0. The fourth-order valence-electron chi connectivity index (χ4n) is 2.05. The molecule has 0 saturated heterocycles. The highest BCUT2D eigenvalue weighted by Crippen LogP contribution is 2.29. The summed E-state index contributed by atoms with van der Waals surface area (Å²) in [5, 5.41) is 12.2. The van der Waals surface area contributed by atoms with Crippen LogP contribution in [0.4, 0.5) is 0 Å². The van der Waals surface area contributed by atoms with Crippen LogP contribution in [0.25, 0.3) is 0 Å². The van der Waals surface area contributed by atoms with Crippen molar-refractivity contribution >= 4 is 15.9 Å². The van der Waals surface area contributed by atoms with E-state index < -0.39 is 0 Å². The van der Waals surface area contributed by atoms with Crippen LogP contribution in [-0.4, -0.2) is 13.7 Å². The van der Waals surface area contributed by atoms with Crippen molar-refractivity contribution in [2.24, 2.45) is 5.41 Å². The molecule has 1 aromatic carbocycles. The lowest BCUT2D eigenvalue weighted by atomic mass is 9.89. The molecule has 0 aliphatic heterocycles. The van der Waals surface area contributed by atoms with Crippen molar-refractivity contribution in [1.29, 1.82) is 5.26 Å². The first-order chi connectivity index (χ1) is 9.89. The first-order valence-corrected chi connectivity index (χ1v) is 8.19. The smallest absolute Gasteiger partial charge is 0.125 e. The third-order valence-corrected chi connectivity index (χ3v) is 4.12. The Labute approximate surface area is 136 Å². The zero-order valence-electron chi connectivity index (χ0n) is 13.4. The van der Waals surface area contributed by atoms with Gasteiger partial charge in [0.15, 0.2) is 0 Å². The molecule has 0 aliphatic carbocycles. The number of nitrogens with one attached hydrogen (secondary N) is 1. The molecule has 1 aromatic rings. The third kappa shape index (κ3) is 6.07. The zero-order chi connectivity index (χ0) is 15.9. The van der Waals surface area contributed by atoms with Gasteiger partial charge in [-0.3, -0.25) is 0 Å². The Morgan fingerprint density at radius 3 is 2.71 bits per heavy atom. The van der Waals surface area contributed by atoms with Gasteiger partial charge in [-0.1, -0.05) is 22.0 Å². The van der Waals surface area contributed by atoms with Gasteiger partial charge in [-0.05, 0) is 59.2 Å². The van der Waals surface area contributed by atoms with E-state index in [9.17, 15) is 0 Å². The molecule has 116 valence electrons. The monoisotopic (exact) mass is 352 g/mol. The molecule has 0 radical (unpaired) electrons. The summed E-state index contributed by atoms with van der Waals surface area (Å²) in [5.41, 5.74) is 0.930. The average molecular weight is 353 g/mol. The number of nitrogens with zero attached hydrogens (tertiary/aromatic N) is 1. The van der Waals surface area contributed by atoms with E-state index in [-0.39, 0.29) is 11.5 Å². The molecule has 1 N–H and O–H groups in total. The zero-order valence-corrected chi connectivity index (χ0v) is 15.0. The molecule has 0 amide bonds. The second-order valence-corrected chi connectivity index (χ2v) is 6.91. The Morgan fingerprint density at radius 1 is 1.38 bits per heavy atom. The number of nitriles is 1. The second kappa shape index (κ2) is 8.41. The van der Waals surface area contributed by atoms with Gasteiger partial charge in [0.2, 0.25) is 0 Å². The van der Waals surface area contributed by atoms with E-state index in [1.54, 1.807) is 0 Å². The predicted molar refractivity (Wildman–Crippen MR) is 90.4 cm³/mol. The van der Waals surface area contributed by atoms with E-state index in [0.717, 1.165) is 35.0 Å². The van der Waals surface area contributed by atoms with Gasteiger partial charge in [0.05, 0.1) is 18.1 Å². The molecule has 1 rings (SSSR count). The number of ether oxygens (including phenoxy) is 1. The largest absolute Gasteiger partial charge is 0.493 e. The summed E-state index contributed by atoms with van der Waals surface area (Å²) < 4.78 is 6.96. The number of benzene rings is 1. The topological polar surface area (TPSA) is 45.0 Å². The van der Waals surface area contributed by atoms with Crippen LogP contribution in [0, 0.1) is 16.7 Å². The molecule has 0 saturated carbocycles. The van der Waals surface area contributed by atoms with E-state index in [2.05, 4.69) is 40.3 Å². The maximum absolute atomic E-state index is 8.99. The lowest BCUT2D eigenvalue weighted by Gasteiger charge is -2.18. The highest BCUT2D eigenvalue weighted by atomic mass is 79.9. The van der Waals surface area contributed by atoms with Gasteiger partial charge in [0.1, 0.15) is 5.75 Å². The highest BCUT2D eigenvalue weighted by Gasteiger charge is 2.15. The van der Waals surface area contributed by atoms with E-state index in [1.807, 2.05) is 33.0 Å². The predicted octanol–water partition coefficient (Wildman–Crippen LogP) is 4.83. The molecule has 4 heteroatoms. The first kappa shape index (κ1) is 18.0. The van der Waals surface area contributed by atoms with E-state index in [1.165, 1.54) is 0 Å². The van der Waals surface area contributed by atoms with Crippen LogP contribution in [0.1, 0.15) is 51.6 Å². The van der Waals surface area contributed by atoms with Crippen LogP contribution in [0.5, 0.6) is 5.75 Å². The summed E-state index contributed by atoms with van der Waals surface area (Å²) in [5.74, 6) is 0.922. The molecule has 21 heavy (non-hydrogen) atoms. The number of unbranched alkanes of at least 4 members (excludes halogenated alkanes) is 1. The minimum absolute atomic E-state index is 0.235. The molecule has 0 bridgehead atoms. The number of hydrogen-bond donors (Lipinski definition) is 1. The average Bonchev–Trinajstić information content (AvgIpc) is 2.46. The molecule has 0 aliphatic rings. The molecule has 3 nitrogen and oxygen atoms in total. The second-order valence-electron chi connectivity index (χ2n) is 5.99. The number of rotatable bonds is 8. The van der Waals surface area contributed by atoms with Crippen LogP contribution in [0.3, 0.4) is 0 Å². The van der Waals surface area contributed by atoms with E-state index >= 15 is 0 Å². The Kier molecular flexibility index (Phi) is 7.21. The Hall–Kier alpha value is -1.05. The Morgan fingerprint density at radius 2 is 2.10 bits per heavy atom. The van der Waals surface area contributed by atoms with Crippen molar-refractivity contribution in [3.63, 3.8) is 0 Å². The van der Waals surface area contributed by atoms with Crippen molar-refractivity contribution < 1.29 is 4.74 Å². The van der Waals surface area contributed by atoms with Crippen molar-refractivity contribution in [3.05, 3.63) is 28.2 Å². The van der Waals surface area contributed by atoms with Crippen LogP contribution in [0.2, 0.25) is 0 Å². The van der Waals surface area contributed by atoms with Gasteiger partial charge in [0, 0.05) is 16.1 Å². The Bertz CT molecular complexity index is 494. The minimum Gasteiger partial charge on any atom is -0.493 e. The quantitative estimate of drug-likeness (QED) is 0.681. The van der Waals surface area contributed by atoms with Gasteiger partial charge in [-0.25, -0.2) is 0 Å². The van der Waals surface area contributed by atoms with Gasteiger partial charge in [-0.15, -0.1) is 0 Å². The van der Waals surface area contributed by atoms with Crippen LogP contribution < -0.4 is 10.1 Å². The lowest BCUT2D eigenvalue weighted by Crippen LogP contribution is -2.14. The van der Waals surface area contributed by atoms with Gasteiger partial charge in [0.25, 0.3) is 0 Å². The van der Waals surface area contributed by atoms with E-state index in [0.29, 0.717) is 6.61 Å².